The topological polar surface area (TPSA) is 83.3 Å². The van der Waals surface area contributed by atoms with Crippen molar-refractivity contribution in [2.75, 3.05) is 13.1 Å². The Morgan fingerprint density at radius 1 is 1.28 bits per heavy atom. The van der Waals surface area contributed by atoms with Crippen molar-refractivity contribution >= 4 is 5.91 Å². The van der Waals surface area contributed by atoms with E-state index in [-0.39, 0.29) is 18.4 Å². The van der Waals surface area contributed by atoms with Gasteiger partial charge in [-0.3, -0.25) is 14.4 Å². The number of aliphatic hydroxyl groups excluding tert-OH is 1. The van der Waals surface area contributed by atoms with Crippen molar-refractivity contribution in [3.05, 3.63) is 11.9 Å². The molecule has 0 aromatic carbocycles. The van der Waals surface area contributed by atoms with Gasteiger partial charge in [0.05, 0.1) is 25.3 Å². The van der Waals surface area contributed by atoms with E-state index in [2.05, 4.69) is 20.5 Å². The van der Waals surface area contributed by atoms with Crippen molar-refractivity contribution in [2.45, 2.75) is 70.2 Å². The van der Waals surface area contributed by atoms with Gasteiger partial charge >= 0.3 is 0 Å². The van der Waals surface area contributed by atoms with Gasteiger partial charge in [0.15, 0.2) is 0 Å². The Bertz CT molecular complexity index is 598. The maximum absolute atomic E-state index is 12.8. The normalized spacial score (nSPS) is 32.7. The summed E-state index contributed by atoms with van der Waals surface area (Å²) in [4.78, 5) is 15.2. The first-order valence-electron chi connectivity index (χ1n) is 9.77. The van der Waals surface area contributed by atoms with Gasteiger partial charge in [-0.15, -0.1) is 5.10 Å². The van der Waals surface area contributed by atoms with Crippen LogP contribution in [-0.4, -0.2) is 56.1 Å². The first-order chi connectivity index (χ1) is 12.2. The number of aromatic nitrogens is 3. The maximum Gasteiger partial charge on any atom is 0.224 e. The molecule has 4 fully saturated rings. The highest BCUT2D eigenvalue weighted by molar-refractivity contribution is 5.79. The molecular weight excluding hydrogens is 318 g/mol. The summed E-state index contributed by atoms with van der Waals surface area (Å²) in [6, 6.07) is 0.824. The molecule has 3 aliphatic heterocycles. The molecule has 7 nitrogen and oxygen atoms in total. The fraction of sp³-hybridized carbons (Fsp3) is 0.833. The number of rotatable bonds is 5. The van der Waals surface area contributed by atoms with Gasteiger partial charge in [-0.05, 0) is 38.1 Å². The highest BCUT2D eigenvalue weighted by Gasteiger charge is 2.43. The Labute approximate surface area is 148 Å². The van der Waals surface area contributed by atoms with Gasteiger partial charge in [0.25, 0.3) is 0 Å². The molecule has 1 aromatic rings. The highest BCUT2D eigenvalue weighted by Crippen LogP contribution is 2.37. The largest absolute Gasteiger partial charge is 0.390 e. The van der Waals surface area contributed by atoms with E-state index in [0.717, 1.165) is 45.3 Å². The van der Waals surface area contributed by atoms with Crippen LogP contribution in [0, 0.1) is 11.8 Å². The number of carbonyl (C=O) groups excluding carboxylic acids is 1. The van der Waals surface area contributed by atoms with Crippen molar-refractivity contribution in [3.63, 3.8) is 0 Å². The fourth-order valence-corrected chi connectivity index (χ4v) is 4.90. The fourth-order valence-electron chi connectivity index (χ4n) is 4.90. The monoisotopic (exact) mass is 347 g/mol. The molecule has 5 rings (SSSR count). The van der Waals surface area contributed by atoms with Crippen LogP contribution in [0.3, 0.4) is 0 Å². The summed E-state index contributed by atoms with van der Waals surface area (Å²) < 4.78 is 1.83. The molecule has 7 heteroatoms. The zero-order valence-electron chi connectivity index (χ0n) is 14.8. The molecule has 4 heterocycles. The number of hydrogen-bond donors (Lipinski definition) is 2. The lowest BCUT2D eigenvalue weighted by Crippen LogP contribution is -2.58. The van der Waals surface area contributed by atoms with Crippen LogP contribution >= 0.6 is 0 Å². The van der Waals surface area contributed by atoms with Crippen LogP contribution in [0.25, 0.3) is 0 Å². The van der Waals surface area contributed by atoms with Crippen LogP contribution in [-0.2, 0) is 17.9 Å². The van der Waals surface area contributed by atoms with Crippen LogP contribution in [0.2, 0.25) is 0 Å². The van der Waals surface area contributed by atoms with E-state index in [4.69, 9.17) is 5.11 Å². The molecule has 4 aliphatic rings. The first-order valence-corrected chi connectivity index (χ1v) is 9.77. The first kappa shape index (κ1) is 17.0. The number of fused-ring (bicyclic) bond motifs is 3. The molecule has 0 spiro atoms. The number of hydrogen-bond acceptors (Lipinski definition) is 5. The summed E-state index contributed by atoms with van der Waals surface area (Å²) in [5.74, 6) is 0.915. The maximum atomic E-state index is 12.8. The molecule has 1 unspecified atom stereocenters. The minimum Gasteiger partial charge on any atom is -0.390 e. The second-order valence-corrected chi connectivity index (χ2v) is 7.97. The number of aliphatic hydroxyl groups is 1. The Morgan fingerprint density at radius 3 is 2.80 bits per heavy atom. The van der Waals surface area contributed by atoms with Gasteiger partial charge in [-0.2, -0.15) is 0 Å². The van der Waals surface area contributed by atoms with Crippen molar-refractivity contribution in [3.8, 4) is 0 Å². The van der Waals surface area contributed by atoms with E-state index in [0.29, 0.717) is 23.7 Å². The predicted molar refractivity (Wildman–Crippen MR) is 92.5 cm³/mol. The minimum atomic E-state index is -0.0690. The van der Waals surface area contributed by atoms with E-state index < -0.39 is 0 Å². The predicted octanol–water partition coefficient (Wildman–Crippen LogP) is 0.930. The summed E-state index contributed by atoms with van der Waals surface area (Å²) >= 11 is 0. The molecule has 1 saturated carbocycles. The second kappa shape index (κ2) is 7.41. The Balaban J connectivity index is 1.33. The van der Waals surface area contributed by atoms with E-state index in [1.165, 1.54) is 19.3 Å². The zero-order valence-corrected chi connectivity index (χ0v) is 14.8. The second-order valence-electron chi connectivity index (χ2n) is 7.97. The molecule has 0 radical (unpaired) electrons. The molecule has 2 bridgehead atoms. The van der Waals surface area contributed by atoms with Gasteiger partial charge in [-0.1, -0.05) is 24.5 Å². The SMILES string of the molecule is O=C(NC1CCCCC1)[C@H]1CN2CC[C@H]1C[C@@H]2Cn1cc(CO)nn1. The summed E-state index contributed by atoms with van der Waals surface area (Å²) in [6.07, 6.45) is 10.1. The van der Waals surface area contributed by atoms with Crippen LogP contribution in [0.4, 0.5) is 0 Å². The van der Waals surface area contributed by atoms with Crippen molar-refractivity contribution < 1.29 is 9.90 Å². The van der Waals surface area contributed by atoms with E-state index in [9.17, 15) is 4.79 Å². The number of nitrogens with zero attached hydrogens (tertiary/aromatic N) is 4. The molecule has 138 valence electrons. The average molecular weight is 347 g/mol. The summed E-state index contributed by atoms with van der Waals surface area (Å²) in [5.41, 5.74) is 0.612. The van der Waals surface area contributed by atoms with Crippen molar-refractivity contribution in [1.29, 1.82) is 0 Å². The third-order valence-electron chi connectivity index (χ3n) is 6.31. The Morgan fingerprint density at radius 2 is 2.12 bits per heavy atom. The minimum absolute atomic E-state index is 0.0690. The van der Waals surface area contributed by atoms with E-state index in [1.54, 1.807) is 0 Å². The number of carbonyl (C=O) groups is 1. The number of piperidine rings is 3. The molecule has 25 heavy (non-hydrogen) atoms. The van der Waals surface area contributed by atoms with Crippen molar-refractivity contribution in [1.82, 2.24) is 25.2 Å². The summed E-state index contributed by atoms with van der Waals surface area (Å²) in [6.45, 7) is 2.67. The van der Waals surface area contributed by atoms with Gasteiger partial charge in [-0.25, -0.2) is 0 Å². The molecular formula is C18H29N5O2. The Kier molecular flexibility index (Phi) is 5.03. The van der Waals surface area contributed by atoms with Crippen LogP contribution in [0.15, 0.2) is 6.20 Å². The quantitative estimate of drug-likeness (QED) is 0.828. The molecule has 4 atom stereocenters. The molecule has 1 aliphatic carbocycles. The molecule has 3 saturated heterocycles. The summed E-state index contributed by atoms with van der Waals surface area (Å²) in [7, 11) is 0. The van der Waals surface area contributed by atoms with Gasteiger partial charge < -0.3 is 10.4 Å². The highest BCUT2D eigenvalue weighted by atomic mass is 16.3. The number of amides is 1. The average Bonchev–Trinajstić information content (AvgIpc) is 3.10. The van der Waals surface area contributed by atoms with Gasteiger partial charge in [0.2, 0.25) is 5.91 Å². The van der Waals surface area contributed by atoms with E-state index >= 15 is 0 Å². The van der Waals surface area contributed by atoms with Crippen LogP contribution < -0.4 is 5.32 Å². The number of nitrogens with one attached hydrogen (secondary N) is 1. The van der Waals surface area contributed by atoms with Crippen molar-refractivity contribution in [2.24, 2.45) is 11.8 Å². The third-order valence-corrected chi connectivity index (χ3v) is 6.31. The van der Waals surface area contributed by atoms with E-state index in [1.807, 2.05) is 10.9 Å². The standard InChI is InChI=1S/C18H29N5O2/c24-12-15-9-23(21-20-15)10-16-8-13-6-7-22(16)11-17(13)18(25)19-14-4-2-1-3-5-14/h9,13-14,16-17,24H,1-8,10-12H2,(H,19,25)/t13-,16+,17-/m0/s1. The molecule has 1 aromatic heterocycles. The van der Waals surface area contributed by atoms with Gasteiger partial charge in [0.1, 0.15) is 5.69 Å². The molecule has 2 N–H and O–H groups in total. The lowest BCUT2D eigenvalue weighted by atomic mass is 9.75. The third kappa shape index (κ3) is 3.72. The Hall–Kier alpha value is -1.47. The summed E-state index contributed by atoms with van der Waals surface area (Å²) in [5, 5.41) is 20.5. The molecule has 1 amide bonds. The van der Waals surface area contributed by atoms with Crippen LogP contribution in [0.1, 0.15) is 50.6 Å². The lowest BCUT2D eigenvalue weighted by Gasteiger charge is -2.49. The zero-order chi connectivity index (χ0) is 17.2. The lowest BCUT2D eigenvalue weighted by molar-refractivity contribution is -0.134. The van der Waals surface area contributed by atoms with Gasteiger partial charge in [0, 0.05) is 18.6 Å². The van der Waals surface area contributed by atoms with Crippen LogP contribution in [0.5, 0.6) is 0 Å². The smallest absolute Gasteiger partial charge is 0.224 e.